The third kappa shape index (κ3) is 9.86. The maximum atomic E-state index is 11.8. The molecule has 1 rings (SSSR count). The van der Waals surface area contributed by atoms with Crippen LogP contribution in [0.15, 0.2) is 24.3 Å². The number of esters is 1. The first-order valence-corrected chi connectivity index (χ1v) is 9.64. The van der Waals surface area contributed by atoms with Gasteiger partial charge in [-0.1, -0.05) is 11.6 Å². The van der Waals surface area contributed by atoms with E-state index in [1.807, 2.05) is 0 Å². The molecule has 1 aromatic carbocycles. The minimum Gasteiger partial charge on any atom is -0.452 e. The average Bonchev–Trinajstić information content (AvgIpc) is 2.56. The van der Waals surface area contributed by atoms with Crippen LogP contribution < -0.4 is 16.0 Å². The number of halogens is 1. The number of ether oxygens (including phenoxy) is 1. The standard InChI is InChI=1S/C17H22ClN3O5S/c1-10(2)19-17(25)21-16(24)11(3)26-15(23)9-27-8-14(22)20-13-6-4-12(18)5-7-13/h4-7,10-11H,8-9H2,1-3H3,(H,20,22)(H2,19,21,24,25)/t11-/m1/s1. The highest BCUT2D eigenvalue weighted by Gasteiger charge is 2.20. The van der Waals surface area contributed by atoms with E-state index in [1.165, 1.54) is 6.92 Å². The topological polar surface area (TPSA) is 114 Å². The number of amides is 4. The van der Waals surface area contributed by atoms with Crippen molar-refractivity contribution in [3.63, 3.8) is 0 Å². The summed E-state index contributed by atoms with van der Waals surface area (Å²) in [5, 5.41) is 7.78. The second-order valence-electron chi connectivity index (χ2n) is 5.80. The van der Waals surface area contributed by atoms with Gasteiger partial charge in [-0.2, -0.15) is 0 Å². The maximum absolute atomic E-state index is 11.8. The van der Waals surface area contributed by atoms with Gasteiger partial charge in [0.1, 0.15) is 0 Å². The normalized spacial score (nSPS) is 11.4. The molecule has 1 aromatic rings. The summed E-state index contributed by atoms with van der Waals surface area (Å²) in [6, 6.07) is 5.83. The van der Waals surface area contributed by atoms with Gasteiger partial charge in [0.15, 0.2) is 6.10 Å². The fourth-order valence-electron chi connectivity index (χ4n) is 1.75. The predicted octanol–water partition coefficient (Wildman–Crippen LogP) is 2.18. The molecule has 27 heavy (non-hydrogen) atoms. The molecule has 0 aliphatic carbocycles. The van der Waals surface area contributed by atoms with E-state index in [4.69, 9.17) is 16.3 Å². The molecule has 4 amide bonds. The molecule has 0 fully saturated rings. The molecular formula is C17H22ClN3O5S. The minimum absolute atomic E-state index is 0.0368. The molecule has 0 unspecified atom stereocenters. The monoisotopic (exact) mass is 415 g/mol. The second-order valence-corrected chi connectivity index (χ2v) is 7.22. The molecule has 1 atom stereocenters. The molecule has 3 N–H and O–H groups in total. The highest BCUT2D eigenvalue weighted by Crippen LogP contribution is 2.14. The smallest absolute Gasteiger partial charge is 0.321 e. The Kier molecular flexibility index (Phi) is 9.66. The van der Waals surface area contributed by atoms with Gasteiger partial charge in [-0.3, -0.25) is 19.7 Å². The van der Waals surface area contributed by atoms with E-state index in [0.29, 0.717) is 10.7 Å². The summed E-state index contributed by atoms with van der Waals surface area (Å²) in [5.74, 6) is -1.75. The van der Waals surface area contributed by atoms with Crippen LogP contribution in [0, 0.1) is 0 Å². The van der Waals surface area contributed by atoms with Crippen molar-refractivity contribution in [3.05, 3.63) is 29.3 Å². The number of imide groups is 1. The van der Waals surface area contributed by atoms with Crippen LogP contribution in [0.1, 0.15) is 20.8 Å². The van der Waals surface area contributed by atoms with Crippen molar-refractivity contribution < 1.29 is 23.9 Å². The van der Waals surface area contributed by atoms with Crippen molar-refractivity contribution in [1.29, 1.82) is 0 Å². The summed E-state index contributed by atoms with van der Waals surface area (Å²) in [4.78, 5) is 46.7. The zero-order valence-electron chi connectivity index (χ0n) is 15.2. The Balaban J connectivity index is 2.27. The molecule has 0 spiro atoms. The number of anilines is 1. The largest absolute Gasteiger partial charge is 0.452 e. The number of carbonyl (C=O) groups is 4. The van der Waals surface area contributed by atoms with E-state index >= 15 is 0 Å². The number of hydrogen-bond donors (Lipinski definition) is 3. The number of hydrogen-bond acceptors (Lipinski definition) is 6. The van der Waals surface area contributed by atoms with Gasteiger partial charge in [0.2, 0.25) is 5.91 Å². The highest BCUT2D eigenvalue weighted by atomic mass is 35.5. The SMILES string of the molecule is CC(C)NC(=O)NC(=O)[C@@H](C)OC(=O)CSCC(=O)Nc1ccc(Cl)cc1. The molecule has 0 aliphatic heterocycles. The summed E-state index contributed by atoms with van der Waals surface area (Å²) >= 11 is 6.81. The van der Waals surface area contributed by atoms with Crippen molar-refractivity contribution in [3.8, 4) is 0 Å². The molecule has 0 aliphatic rings. The minimum atomic E-state index is -1.13. The summed E-state index contributed by atoms with van der Waals surface area (Å²) in [7, 11) is 0. The van der Waals surface area contributed by atoms with Gasteiger partial charge in [-0.15, -0.1) is 11.8 Å². The quantitative estimate of drug-likeness (QED) is 0.561. The first-order chi connectivity index (χ1) is 12.7. The fraction of sp³-hybridized carbons (Fsp3) is 0.412. The number of thioether (sulfide) groups is 1. The van der Waals surface area contributed by atoms with Crippen molar-refractivity contribution in [1.82, 2.24) is 10.6 Å². The molecule has 0 radical (unpaired) electrons. The Labute approximate surface area is 166 Å². The van der Waals surface area contributed by atoms with Crippen LogP contribution in [0.2, 0.25) is 5.02 Å². The number of benzene rings is 1. The number of urea groups is 1. The van der Waals surface area contributed by atoms with E-state index in [1.54, 1.807) is 38.1 Å². The van der Waals surface area contributed by atoms with Crippen molar-refractivity contribution in [2.24, 2.45) is 0 Å². The Hall–Kier alpha value is -2.26. The molecule has 148 valence electrons. The van der Waals surface area contributed by atoms with Crippen LogP contribution in [0.3, 0.4) is 0 Å². The van der Waals surface area contributed by atoms with Crippen LogP contribution in [-0.4, -0.2) is 47.5 Å². The molecule has 0 saturated heterocycles. The van der Waals surface area contributed by atoms with Crippen LogP contribution in [0.4, 0.5) is 10.5 Å². The van der Waals surface area contributed by atoms with E-state index in [-0.39, 0.29) is 23.5 Å². The Morgan fingerprint density at radius 2 is 1.70 bits per heavy atom. The molecule has 0 aromatic heterocycles. The summed E-state index contributed by atoms with van der Waals surface area (Å²) in [6.07, 6.45) is -1.13. The van der Waals surface area contributed by atoms with Gasteiger partial charge in [0.05, 0.1) is 11.5 Å². The molecule has 10 heteroatoms. The summed E-state index contributed by atoms with van der Waals surface area (Å²) in [5.41, 5.74) is 0.595. The lowest BCUT2D eigenvalue weighted by Crippen LogP contribution is -2.46. The average molecular weight is 416 g/mol. The first kappa shape index (κ1) is 22.8. The van der Waals surface area contributed by atoms with Gasteiger partial charge < -0.3 is 15.4 Å². The Bertz CT molecular complexity index is 682. The van der Waals surface area contributed by atoms with Crippen molar-refractivity contribution in [2.45, 2.75) is 32.9 Å². The highest BCUT2D eigenvalue weighted by molar-refractivity contribution is 8.00. The summed E-state index contributed by atoms with van der Waals surface area (Å²) in [6.45, 7) is 4.84. The van der Waals surface area contributed by atoms with Gasteiger partial charge >= 0.3 is 12.0 Å². The third-order valence-electron chi connectivity index (χ3n) is 2.91. The molecule has 8 nitrogen and oxygen atoms in total. The van der Waals surface area contributed by atoms with Gasteiger partial charge in [-0.25, -0.2) is 4.79 Å². The van der Waals surface area contributed by atoms with E-state index in [2.05, 4.69) is 16.0 Å². The van der Waals surface area contributed by atoms with Crippen molar-refractivity contribution >= 4 is 52.9 Å². The van der Waals surface area contributed by atoms with Crippen molar-refractivity contribution in [2.75, 3.05) is 16.8 Å². The molecule has 0 bridgehead atoms. The summed E-state index contributed by atoms with van der Waals surface area (Å²) < 4.78 is 4.93. The van der Waals surface area contributed by atoms with E-state index < -0.39 is 24.0 Å². The molecule has 0 heterocycles. The van der Waals surface area contributed by atoms with Gasteiger partial charge in [0.25, 0.3) is 5.91 Å². The zero-order chi connectivity index (χ0) is 20.4. The first-order valence-electron chi connectivity index (χ1n) is 8.11. The second kappa shape index (κ2) is 11.5. The Morgan fingerprint density at radius 3 is 2.30 bits per heavy atom. The lowest BCUT2D eigenvalue weighted by Gasteiger charge is -2.14. The van der Waals surface area contributed by atoms with E-state index in [0.717, 1.165) is 11.8 Å². The third-order valence-corrected chi connectivity index (χ3v) is 4.07. The fourth-order valence-corrected chi connectivity index (χ4v) is 2.47. The lowest BCUT2D eigenvalue weighted by molar-refractivity contribution is -0.151. The maximum Gasteiger partial charge on any atom is 0.321 e. The van der Waals surface area contributed by atoms with Crippen LogP contribution in [0.5, 0.6) is 0 Å². The van der Waals surface area contributed by atoms with Crippen LogP contribution in [-0.2, 0) is 19.1 Å². The van der Waals surface area contributed by atoms with E-state index in [9.17, 15) is 19.2 Å². The van der Waals surface area contributed by atoms with Crippen LogP contribution >= 0.6 is 23.4 Å². The van der Waals surface area contributed by atoms with Gasteiger partial charge in [0, 0.05) is 16.8 Å². The lowest BCUT2D eigenvalue weighted by atomic mass is 10.3. The van der Waals surface area contributed by atoms with Gasteiger partial charge in [-0.05, 0) is 45.0 Å². The molecular weight excluding hydrogens is 394 g/mol. The molecule has 0 saturated carbocycles. The predicted molar refractivity (Wildman–Crippen MR) is 105 cm³/mol. The Morgan fingerprint density at radius 1 is 1.07 bits per heavy atom. The number of nitrogens with one attached hydrogen (secondary N) is 3. The van der Waals surface area contributed by atoms with Crippen LogP contribution in [0.25, 0.3) is 0 Å². The number of rotatable bonds is 8. The zero-order valence-corrected chi connectivity index (χ0v) is 16.8. The number of carbonyl (C=O) groups excluding carboxylic acids is 4.